The number of rotatable bonds is 6. The molecule has 0 aliphatic carbocycles. The van der Waals surface area contributed by atoms with E-state index in [2.05, 4.69) is 44.5 Å². The number of hydrogen-bond acceptors (Lipinski definition) is 5. The Labute approximate surface area is 157 Å². The number of para-hydroxylation sites is 1. The van der Waals surface area contributed by atoms with Gasteiger partial charge in [0.25, 0.3) is 0 Å². The third kappa shape index (κ3) is 4.46. The fraction of sp³-hybridized carbons (Fsp3) is 0.0455. The first kappa shape index (κ1) is 16.7. The van der Waals surface area contributed by atoms with E-state index >= 15 is 0 Å². The topological polar surface area (TPSA) is 59.9 Å². The van der Waals surface area contributed by atoms with E-state index in [4.69, 9.17) is 4.74 Å². The fourth-order valence-electron chi connectivity index (χ4n) is 2.62. The van der Waals surface area contributed by atoms with E-state index in [-0.39, 0.29) is 0 Å². The van der Waals surface area contributed by atoms with Crippen LogP contribution in [0.1, 0.15) is 5.56 Å². The third-order valence-corrected chi connectivity index (χ3v) is 4.00. The van der Waals surface area contributed by atoms with Crippen LogP contribution in [-0.4, -0.2) is 15.0 Å². The minimum Gasteiger partial charge on any atom is -0.439 e. The van der Waals surface area contributed by atoms with Crippen molar-refractivity contribution in [3.8, 4) is 22.8 Å². The molecule has 0 bridgehead atoms. The van der Waals surface area contributed by atoms with Gasteiger partial charge in [0, 0.05) is 31.2 Å². The summed E-state index contributed by atoms with van der Waals surface area (Å²) in [6.07, 6.45) is 5.32. The van der Waals surface area contributed by atoms with Gasteiger partial charge in [-0.2, -0.15) is 4.98 Å². The van der Waals surface area contributed by atoms with Crippen LogP contribution in [0.2, 0.25) is 0 Å². The normalized spacial score (nSPS) is 10.4. The average molecular weight is 354 g/mol. The van der Waals surface area contributed by atoms with Gasteiger partial charge in [0.05, 0.1) is 0 Å². The van der Waals surface area contributed by atoms with Crippen LogP contribution >= 0.6 is 0 Å². The van der Waals surface area contributed by atoms with Crippen molar-refractivity contribution in [1.82, 2.24) is 15.0 Å². The molecule has 4 rings (SSSR count). The molecule has 2 aromatic carbocycles. The standard InChI is InChI=1S/C22H18N4O/c1-2-6-20(7-3-1)27-21-12-14-24-22(26-21)25-15-17-8-10-18(11-9-17)19-5-4-13-23-16-19/h1-14,16H,15H2,(H,24,25,26). The number of anilines is 1. The van der Waals surface area contributed by atoms with Crippen LogP contribution in [0, 0.1) is 0 Å². The number of ether oxygens (including phenoxy) is 1. The number of nitrogens with one attached hydrogen (secondary N) is 1. The third-order valence-electron chi connectivity index (χ3n) is 4.00. The minimum atomic E-state index is 0.505. The lowest BCUT2D eigenvalue weighted by atomic mass is 10.1. The van der Waals surface area contributed by atoms with E-state index in [0.717, 1.165) is 22.4 Å². The molecule has 2 aromatic heterocycles. The van der Waals surface area contributed by atoms with Crippen LogP contribution in [0.5, 0.6) is 11.6 Å². The van der Waals surface area contributed by atoms with Crippen LogP contribution < -0.4 is 10.1 Å². The predicted octanol–water partition coefficient (Wildman–Crippen LogP) is 4.94. The number of nitrogens with zero attached hydrogens (tertiary/aromatic N) is 3. The van der Waals surface area contributed by atoms with E-state index in [1.165, 1.54) is 0 Å². The van der Waals surface area contributed by atoms with Gasteiger partial charge in [-0.25, -0.2) is 4.98 Å². The molecule has 0 fully saturated rings. The molecule has 0 radical (unpaired) electrons. The van der Waals surface area contributed by atoms with Gasteiger partial charge < -0.3 is 10.1 Å². The molecule has 0 aliphatic rings. The number of hydrogen-bond donors (Lipinski definition) is 1. The second-order valence-corrected chi connectivity index (χ2v) is 5.93. The van der Waals surface area contributed by atoms with Crippen molar-refractivity contribution in [2.75, 3.05) is 5.32 Å². The predicted molar refractivity (Wildman–Crippen MR) is 106 cm³/mol. The van der Waals surface area contributed by atoms with Crippen LogP contribution in [0.4, 0.5) is 5.95 Å². The maximum absolute atomic E-state index is 5.74. The highest BCUT2D eigenvalue weighted by molar-refractivity contribution is 5.62. The van der Waals surface area contributed by atoms with Gasteiger partial charge in [-0.3, -0.25) is 4.98 Å². The lowest BCUT2D eigenvalue weighted by molar-refractivity contribution is 0.462. The number of aromatic nitrogens is 3. The summed E-state index contributed by atoms with van der Waals surface area (Å²) in [4.78, 5) is 12.8. The molecule has 5 nitrogen and oxygen atoms in total. The van der Waals surface area contributed by atoms with Crippen LogP contribution in [0.25, 0.3) is 11.1 Å². The summed E-state index contributed by atoms with van der Waals surface area (Å²) in [5.74, 6) is 1.78. The number of pyridine rings is 1. The van der Waals surface area contributed by atoms with Crippen LogP contribution in [0.15, 0.2) is 91.4 Å². The molecule has 5 heteroatoms. The van der Waals surface area contributed by atoms with Gasteiger partial charge in [-0.05, 0) is 34.9 Å². The van der Waals surface area contributed by atoms with E-state index in [9.17, 15) is 0 Å². The van der Waals surface area contributed by atoms with Gasteiger partial charge in [0.15, 0.2) is 0 Å². The molecule has 0 amide bonds. The SMILES string of the molecule is c1ccc(Oc2ccnc(NCc3ccc(-c4cccnc4)cc3)n2)cc1. The molecule has 27 heavy (non-hydrogen) atoms. The Morgan fingerprint density at radius 3 is 2.41 bits per heavy atom. The zero-order valence-electron chi connectivity index (χ0n) is 14.6. The zero-order valence-corrected chi connectivity index (χ0v) is 14.6. The fourth-order valence-corrected chi connectivity index (χ4v) is 2.62. The molecule has 4 aromatic rings. The van der Waals surface area contributed by atoms with Crippen molar-refractivity contribution in [1.29, 1.82) is 0 Å². The largest absolute Gasteiger partial charge is 0.439 e. The van der Waals surface area contributed by atoms with Crippen LogP contribution in [-0.2, 0) is 6.54 Å². The maximum atomic E-state index is 5.74. The zero-order chi connectivity index (χ0) is 18.3. The molecule has 0 saturated carbocycles. The smallest absolute Gasteiger partial charge is 0.226 e. The molecule has 0 spiro atoms. The Kier molecular flexibility index (Phi) is 5.02. The van der Waals surface area contributed by atoms with Gasteiger partial charge in [0.1, 0.15) is 5.75 Å². The first-order chi connectivity index (χ1) is 13.4. The van der Waals surface area contributed by atoms with E-state index in [1.54, 1.807) is 18.5 Å². The Bertz CT molecular complexity index is 989. The van der Waals surface area contributed by atoms with Gasteiger partial charge in [0.2, 0.25) is 11.8 Å². The Morgan fingerprint density at radius 1 is 0.778 bits per heavy atom. The summed E-state index contributed by atoms with van der Waals surface area (Å²) in [6.45, 7) is 0.627. The molecular weight excluding hydrogens is 336 g/mol. The lowest BCUT2D eigenvalue weighted by Gasteiger charge is -2.08. The summed E-state index contributed by atoms with van der Waals surface area (Å²) < 4.78 is 5.74. The molecule has 132 valence electrons. The minimum absolute atomic E-state index is 0.505. The summed E-state index contributed by atoms with van der Waals surface area (Å²) in [7, 11) is 0. The highest BCUT2D eigenvalue weighted by Gasteiger charge is 2.03. The molecule has 2 heterocycles. The Balaban J connectivity index is 1.39. The molecule has 1 N–H and O–H groups in total. The van der Waals surface area contributed by atoms with E-state index < -0.39 is 0 Å². The van der Waals surface area contributed by atoms with E-state index in [0.29, 0.717) is 18.4 Å². The Hall–Kier alpha value is -3.73. The van der Waals surface area contributed by atoms with Gasteiger partial charge in [-0.15, -0.1) is 0 Å². The second kappa shape index (κ2) is 8.10. The van der Waals surface area contributed by atoms with Crippen molar-refractivity contribution < 1.29 is 4.74 Å². The Morgan fingerprint density at radius 2 is 1.63 bits per heavy atom. The molecule has 0 aliphatic heterocycles. The van der Waals surface area contributed by atoms with Crippen molar-refractivity contribution in [2.45, 2.75) is 6.54 Å². The van der Waals surface area contributed by atoms with Crippen molar-refractivity contribution in [3.05, 3.63) is 97.0 Å². The first-order valence-electron chi connectivity index (χ1n) is 8.66. The van der Waals surface area contributed by atoms with Crippen molar-refractivity contribution >= 4 is 5.95 Å². The molecule has 0 saturated heterocycles. The number of benzene rings is 2. The van der Waals surface area contributed by atoms with E-state index in [1.807, 2.05) is 48.7 Å². The quantitative estimate of drug-likeness (QED) is 0.531. The highest BCUT2D eigenvalue weighted by atomic mass is 16.5. The summed E-state index contributed by atoms with van der Waals surface area (Å²) in [5, 5.41) is 3.23. The monoisotopic (exact) mass is 354 g/mol. The summed E-state index contributed by atoms with van der Waals surface area (Å²) >= 11 is 0. The van der Waals surface area contributed by atoms with Gasteiger partial charge >= 0.3 is 0 Å². The second-order valence-electron chi connectivity index (χ2n) is 5.93. The summed E-state index contributed by atoms with van der Waals surface area (Å²) in [6, 6.07) is 23.6. The average Bonchev–Trinajstić information content (AvgIpc) is 2.74. The van der Waals surface area contributed by atoms with Crippen molar-refractivity contribution in [3.63, 3.8) is 0 Å². The van der Waals surface area contributed by atoms with Crippen molar-refractivity contribution in [2.24, 2.45) is 0 Å². The molecular formula is C22H18N4O. The summed E-state index contributed by atoms with van der Waals surface area (Å²) in [5.41, 5.74) is 3.38. The van der Waals surface area contributed by atoms with Crippen LogP contribution in [0.3, 0.4) is 0 Å². The molecule has 0 atom stereocenters. The van der Waals surface area contributed by atoms with Gasteiger partial charge in [-0.1, -0.05) is 48.5 Å². The maximum Gasteiger partial charge on any atom is 0.226 e. The lowest BCUT2D eigenvalue weighted by Crippen LogP contribution is -2.04. The first-order valence-corrected chi connectivity index (χ1v) is 8.66. The molecule has 0 unspecified atom stereocenters. The highest BCUT2D eigenvalue weighted by Crippen LogP contribution is 2.20.